The van der Waals surface area contributed by atoms with Crippen molar-refractivity contribution in [3.8, 4) is 5.75 Å². The number of thiazole rings is 1. The third-order valence-electron chi connectivity index (χ3n) is 4.78. The van der Waals surface area contributed by atoms with Crippen molar-refractivity contribution in [3.63, 3.8) is 0 Å². The summed E-state index contributed by atoms with van der Waals surface area (Å²) in [7, 11) is 0. The first-order valence-corrected chi connectivity index (χ1v) is 11.6. The minimum atomic E-state index is -0.0650. The van der Waals surface area contributed by atoms with Gasteiger partial charge in [0.1, 0.15) is 12.4 Å². The maximum atomic E-state index is 12.9. The van der Waals surface area contributed by atoms with E-state index in [1.54, 1.807) is 16.5 Å². The second-order valence-electron chi connectivity index (χ2n) is 6.86. The molecule has 5 aromatic rings. The number of para-hydroxylation sites is 2. The van der Waals surface area contributed by atoms with Crippen molar-refractivity contribution in [1.29, 1.82) is 0 Å². The molecule has 0 atom stereocenters. The van der Waals surface area contributed by atoms with Crippen molar-refractivity contribution in [2.45, 2.75) is 6.61 Å². The van der Waals surface area contributed by atoms with Crippen LogP contribution in [0.4, 0.5) is 0 Å². The van der Waals surface area contributed by atoms with E-state index in [-0.39, 0.29) is 5.56 Å². The fourth-order valence-electron chi connectivity index (χ4n) is 3.28. The van der Waals surface area contributed by atoms with E-state index in [2.05, 4.69) is 20.9 Å². The van der Waals surface area contributed by atoms with Gasteiger partial charge in [-0.1, -0.05) is 58.8 Å². The fourth-order valence-corrected chi connectivity index (χ4v) is 5.10. The monoisotopic (exact) mass is 530 g/mol. The molecule has 2 aromatic heterocycles. The number of fused-ring (bicyclic) bond motifs is 3. The lowest BCUT2D eigenvalue weighted by Crippen LogP contribution is -2.22. The maximum absolute atomic E-state index is 12.9. The quantitative estimate of drug-likeness (QED) is 0.281. The second-order valence-corrected chi connectivity index (χ2v) is 9.54. The normalized spacial score (nSPS) is 12.2. The lowest BCUT2D eigenvalue weighted by atomic mass is 10.2. The predicted molar refractivity (Wildman–Crippen MR) is 131 cm³/mol. The Morgan fingerprint density at radius 2 is 1.90 bits per heavy atom. The van der Waals surface area contributed by atoms with E-state index in [0.29, 0.717) is 31.9 Å². The fraction of sp³-hybridized carbons (Fsp3) is 0.0435. The van der Waals surface area contributed by atoms with Gasteiger partial charge in [-0.2, -0.15) is 0 Å². The third kappa shape index (κ3) is 3.96. The average Bonchev–Trinajstić information content (AvgIpc) is 3.26. The highest BCUT2D eigenvalue weighted by atomic mass is 79.9. The number of halogens is 3. The molecular weight excluding hydrogens is 519 g/mol. The van der Waals surface area contributed by atoms with Crippen LogP contribution in [-0.2, 0) is 6.61 Å². The molecule has 0 aliphatic heterocycles. The summed E-state index contributed by atoms with van der Waals surface area (Å²) < 4.78 is 8.98. The van der Waals surface area contributed by atoms with Crippen LogP contribution < -0.4 is 14.8 Å². The molecule has 0 saturated carbocycles. The number of ether oxygens (including phenoxy) is 1. The summed E-state index contributed by atoms with van der Waals surface area (Å²) in [5, 5.41) is 1.01. The van der Waals surface area contributed by atoms with E-state index >= 15 is 0 Å². The number of hydrogen-bond donors (Lipinski definition) is 0. The lowest BCUT2D eigenvalue weighted by Gasteiger charge is -2.09. The maximum Gasteiger partial charge on any atom is 0.274 e. The summed E-state index contributed by atoms with van der Waals surface area (Å²) in [5.41, 5.74) is 3.39. The number of aromatic nitrogens is 2. The van der Waals surface area contributed by atoms with Gasteiger partial charge in [-0.15, -0.1) is 0 Å². The van der Waals surface area contributed by atoms with Crippen molar-refractivity contribution in [2.75, 3.05) is 0 Å². The molecule has 5 rings (SSSR count). The van der Waals surface area contributed by atoms with Gasteiger partial charge in [0.25, 0.3) is 5.56 Å². The van der Waals surface area contributed by atoms with Gasteiger partial charge in [-0.25, -0.2) is 9.38 Å². The van der Waals surface area contributed by atoms with Crippen molar-refractivity contribution in [3.05, 3.63) is 101 Å². The zero-order valence-corrected chi connectivity index (χ0v) is 19.7. The van der Waals surface area contributed by atoms with E-state index in [9.17, 15) is 4.79 Å². The molecule has 0 aliphatic rings. The molecule has 0 saturated heterocycles. The van der Waals surface area contributed by atoms with Gasteiger partial charge in [0, 0.05) is 0 Å². The second kappa shape index (κ2) is 8.28. The van der Waals surface area contributed by atoms with Gasteiger partial charge in [-0.05, 0) is 69.5 Å². The molecule has 8 heteroatoms. The minimum absolute atomic E-state index is 0.0650. The Labute approximate surface area is 199 Å². The summed E-state index contributed by atoms with van der Waals surface area (Å²) in [6.07, 6.45) is 1.87. The Morgan fingerprint density at radius 1 is 1.06 bits per heavy atom. The van der Waals surface area contributed by atoms with Crippen LogP contribution in [0, 0.1) is 0 Å². The van der Waals surface area contributed by atoms with Crippen molar-refractivity contribution < 1.29 is 4.74 Å². The molecule has 0 aliphatic carbocycles. The largest absolute Gasteiger partial charge is 0.488 e. The Balaban J connectivity index is 1.43. The Hall–Kier alpha value is -2.38. The standard InChI is InChI=1S/C23H13BrCl2N2O2S/c24-15-9-13(6-8-20(15)30-12-14-5-7-16(25)17(26)10-14)11-21-22(29)28-19-4-2-1-3-18(19)27-23(28)31-21/h1-11H,12H2/b21-11-. The number of benzene rings is 3. The van der Waals surface area contributed by atoms with Crippen LogP contribution in [0.25, 0.3) is 22.1 Å². The topological polar surface area (TPSA) is 43.6 Å². The first-order valence-electron chi connectivity index (χ1n) is 9.27. The summed E-state index contributed by atoms with van der Waals surface area (Å²) >= 11 is 16.9. The average molecular weight is 532 g/mol. The molecule has 2 heterocycles. The molecule has 0 N–H and O–H groups in total. The van der Waals surface area contributed by atoms with Gasteiger partial charge >= 0.3 is 0 Å². The van der Waals surface area contributed by atoms with Crippen molar-refractivity contribution in [2.24, 2.45) is 0 Å². The molecule has 0 radical (unpaired) electrons. The van der Waals surface area contributed by atoms with Gasteiger partial charge < -0.3 is 4.74 Å². The van der Waals surface area contributed by atoms with E-state index in [1.807, 2.05) is 54.6 Å². The lowest BCUT2D eigenvalue weighted by molar-refractivity contribution is 0.304. The molecular formula is C23H13BrCl2N2O2S. The van der Waals surface area contributed by atoms with Crippen LogP contribution in [0.5, 0.6) is 5.75 Å². The molecule has 0 spiro atoms. The smallest absolute Gasteiger partial charge is 0.274 e. The first kappa shape index (κ1) is 20.5. The molecule has 154 valence electrons. The van der Waals surface area contributed by atoms with Gasteiger partial charge in [0.05, 0.1) is 30.1 Å². The molecule has 3 aromatic carbocycles. The van der Waals surface area contributed by atoms with Gasteiger partial charge in [-0.3, -0.25) is 4.79 Å². The zero-order chi connectivity index (χ0) is 21.5. The summed E-state index contributed by atoms with van der Waals surface area (Å²) in [6.45, 7) is 0.360. The van der Waals surface area contributed by atoms with E-state index in [4.69, 9.17) is 27.9 Å². The van der Waals surface area contributed by atoms with Crippen LogP contribution in [0.2, 0.25) is 10.0 Å². The van der Waals surface area contributed by atoms with Crippen LogP contribution in [0.3, 0.4) is 0 Å². The summed E-state index contributed by atoms with van der Waals surface area (Å²) in [6, 6.07) is 18.7. The van der Waals surface area contributed by atoms with Crippen LogP contribution in [0.1, 0.15) is 11.1 Å². The van der Waals surface area contributed by atoms with Crippen LogP contribution >= 0.6 is 50.5 Å². The Bertz CT molecular complexity index is 1560. The Kier molecular flexibility index (Phi) is 5.48. The molecule has 31 heavy (non-hydrogen) atoms. The minimum Gasteiger partial charge on any atom is -0.488 e. The van der Waals surface area contributed by atoms with Crippen molar-refractivity contribution in [1.82, 2.24) is 9.38 Å². The van der Waals surface area contributed by atoms with Gasteiger partial charge in [0.2, 0.25) is 0 Å². The third-order valence-corrected chi connectivity index (χ3v) is 7.10. The van der Waals surface area contributed by atoms with Gasteiger partial charge in [0.15, 0.2) is 4.96 Å². The van der Waals surface area contributed by atoms with Crippen LogP contribution in [-0.4, -0.2) is 9.38 Å². The van der Waals surface area contributed by atoms with Crippen LogP contribution in [0.15, 0.2) is 69.9 Å². The highest BCUT2D eigenvalue weighted by Crippen LogP contribution is 2.28. The molecule has 0 bridgehead atoms. The van der Waals surface area contributed by atoms with E-state index < -0.39 is 0 Å². The molecule has 4 nitrogen and oxygen atoms in total. The number of imidazole rings is 1. The van der Waals surface area contributed by atoms with E-state index in [0.717, 1.165) is 26.6 Å². The SMILES string of the molecule is O=c1/c(=C/c2ccc(OCc3ccc(Cl)c(Cl)c3)c(Br)c2)sc2nc3ccccc3n12. The van der Waals surface area contributed by atoms with E-state index in [1.165, 1.54) is 11.3 Å². The molecule has 0 amide bonds. The zero-order valence-electron chi connectivity index (χ0n) is 15.8. The number of rotatable bonds is 4. The highest BCUT2D eigenvalue weighted by molar-refractivity contribution is 9.10. The molecule has 0 unspecified atom stereocenters. The Morgan fingerprint density at radius 3 is 2.71 bits per heavy atom. The predicted octanol–water partition coefficient (Wildman–Crippen LogP) is 6.11. The van der Waals surface area contributed by atoms with Crippen molar-refractivity contribution >= 4 is 72.5 Å². The summed E-state index contributed by atoms with van der Waals surface area (Å²) in [5.74, 6) is 0.692. The summed E-state index contributed by atoms with van der Waals surface area (Å²) in [4.78, 5) is 18.2. The molecule has 0 fully saturated rings. The number of hydrogen-bond acceptors (Lipinski definition) is 4. The highest BCUT2D eigenvalue weighted by Gasteiger charge is 2.11. The first-order chi connectivity index (χ1) is 15.0. The number of nitrogens with zero attached hydrogens (tertiary/aromatic N) is 2.